The molecule has 2 aromatic carbocycles. The molecule has 0 aliphatic carbocycles. The molecule has 0 spiro atoms. The van der Waals surface area contributed by atoms with Gasteiger partial charge in [0.2, 0.25) is 11.8 Å². The first-order chi connectivity index (χ1) is 16.7. The number of likely N-dealkylation sites (tertiary alicyclic amines) is 1. The predicted octanol–water partition coefficient (Wildman–Crippen LogP) is 6.32. The number of phenolic OH excluding ortho intramolecular Hbond substituents is 1. The van der Waals surface area contributed by atoms with Gasteiger partial charge < -0.3 is 19.2 Å². The van der Waals surface area contributed by atoms with Crippen molar-refractivity contribution in [3.8, 4) is 23.0 Å². The van der Waals surface area contributed by atoms with Crippen LogP contribution >= 0.6 is 11.8 Å². The maximum Gasteiger partial charge on any atom is 0.247 e. The summed E-state index contributed by atoms with van der Waals surface area (Å²) >= 11 is 1.65. The molecule has 6 nitrogen and oxygen atoms in total. The van der Waals surface area contributed by atoms with Gasteiger partial charge >= 0.3 is 0 Å². The number of ether oxygens (including phenoxy) is 1. The van der Waals surface area contributed by atoms with Crippen molar-refractivity contribution in [1.29, 1.82) is 0 Å². The highest BCUT2D eigenvalue weighted by Crippen LogP contribution is 2.39. The molecule has 2 heterocycles. The van der Waals surface area contributed by atoms with Crippen LogP contribution in [0.1, 0.15) is 62.2 Å². The number of benzene rings is 2. The van der Waals surface area contributed by atoms with E-state index in [0.29, 0.717) is 11.8 Å². The standard InChI is InChI=1S/C27H35N3O3S/c1-2-34-25(23-11-5-6-12-24(23)31)27-29-28-26(33-27)21-13-15-22(16-14-21)32-20-10-9-19-30-17-7-3-4-8-18-30/h5-6,11-16,25,31H,2-4,7-10,17-20H2,1H3. The van der Waals surface area contributed by atoms with Crippen LogP contribution in [-0.2, 0) is 0 Å². The van der Waals surface area contributed by atoms with Gasteiger partial charge in [0, 0.05) is 11.1 Å². The van der Waals surface area contributed by atoms with Crippen molar-refractivity contribution in [2.45, 2.75) is 50.7 Å². The summed E-state index contributed by atoms with van der Waals surface area (Å²) in [5.74, 6) is 2.91. The number of unbranched alkanes of at least 4 members (excludes halogenated alkanes) is 1. The lowest BCUT2D eigenvalue weighted by atomic mass is 10.1. The zero-order valence-electron chi connectivity index (χ0n) is 20.0. The molecule has 1 aromatic heterocycles. The molecule has 7 heteroatoms. The van der Waals surface area contributed by atoms with Crippen LogP contribution in [0.2, 0.25) is 0 Å². The van der Waals surface area contributed by atoms with Gasteiger partial charge in [-0.1, -0.05) is 38.0 Å². The lowest BCUT2D eigenvalue weighted by Gasteiger charge is -2.19. The van der Waals surface area contributed by atoms with Crippen LogP contribution in [0.3, 0.4) is 0 Å². The second kappa shape index (κ2) is 12.8. The van der Waals surface area contributed by atoms with E-state index in [9.17, 15) is 5.11 Å². The Morgan fingerprint density at radius 1 is 1.00 bits per heavy atom. The lowest BCUT2D eigenvalue weighted by Crippen LogP contribution is -2.25. The van der Waals surface area contributed by atoms with E-state index in [1.165, 1.54) is 51.7 Å². The summed E-state index contributed by atoms with van der Waals surface area (Å²) in [6.45, 7) is 6.49. The smallest absolute Gasteiger partial charge is 0.247 e. The minimum atomic E-state index is -0.204. The van der Waals surface area contributed by atoms with Crippen molar-refractivity contribution >= 4 is 11.8 Å². The van der Waals surface area contributed by atoms with Crippen LogP contribution in [0.5, 0.6) is 11.5 Å². The first kappa shape index (κ1) is 24.6. The third-order valence-electron chi connectivity index (χ3n) is 6.15. The second-order valence-corrected chi connectivity index (χ2v) is 10.1. The number of hydrogen-bond donors (Lipinski definition) is 1. The molecular formula is C27H35N3O3S. The maximum absolute atomic E-state index is 10.3. The molecule has 1 unspecified atom stereocenters. The van der Waals surface area contributed by atoms with E-state index in [4.69, 9.17) is 9.15 Å². The van der Waals surface area contributed by atoms with E-state index >= 15 is 0 Å². The average molecular weight is 482 g/mol. The Morgan fingerprint density at radius 2 is 1.76 bits per heavy atom. The monoisotopic (exact) mass is 481 g/mol. The first-order valence-corrected chi connectivity index (χ1v) is 13.5. The Labute approximate surface area is 206 Å². The van der Waals surface area contributed by atoms with Crippen molar-refractivity contribution in [3.05, 3.63) is 60.0 Å². The van der Waals surface area contributed by atoms with Gasteiger partial charge in [-0.25, -0.2) is 0 Å². The highest BCUT2D eigenvalue weighted by atomic mass is 32.2. The fourth-order valence-corrected chi connectivity index (χ4v) is 5.26. The van der Waals surface area contributed by atoms with Gasteiger partial charge in [-0.15, -0.1) is 22.0 Å². The van der Waals surface area contributed by atoms with Crippen LogP contribution in [0.4, 0.5) is 0 Å². The molecule has 1 aliphatic heterocycles. The maximum atomic E-state index is 10.3. The molecule has 182 valence electrons. The Kier molecular flexibility index (Phi) is 9.27. The summed E-state index contributed by atoms with van der Waals surface area (Å²) in [6.07, 6.45) is 7.70. The van der Waals surface area contributed by atoms with E-state index in [0.717, 1.165) is 35.7 Å². The third kappa shape index (κ3) is 6.76. The second-order valence-electron chi connectivity index (χ2n) is 8.68. The van der Waals surface area contributed by atoms with Crippen LogP contribution in [-0.4, -0.2) is 52.2 Å². The third-order valence-corrected chi connectivity index (χ3v) is 7.28. The number of aromatic hydroxyl groups is 1. The number of rotatable bonds is 11. The SMILES string of the molecule is CCSC(c1nnc(-c2ccc(OCCCCN3CCCCCC3)cc2)o1)c1ccccc1O. The van der Waals surface area contributed by atoms with Gasteiger partial charge in [0.1, 0.15) is 16.7 Å². The number of para-hydroxylation sites is 1. The van der Waals surface area contributed by atoms with E-state index in [1.807, 2.05) is 42.5 Å². The number of thioether (sulfide) groups is 1. The van der Waals surface area contributed by atoms with Gasteiger partial charge in [-0.2, -0.15) is 0 Å². The average Bonchev–Trinajstić information content (AvgIpc) is 3.20. The Hall–Kier alpha value is -2.51. The molecule has 0 amide bonds. The Balaban J connectivity index is 1.29. The normalized spacial score (nSPS) is 15.7. The largest absolute Gasteiger partial charge is 0.508 e. The van der Waals surface area contributed by atoms with Crippen molar-refractivity contribution in [3.63, 3.8) is 0 Å². The number of aromatic nitrogens is 2. The number of nitrogens with zero attached hydrogens (tertiary/aromatic N) is 3. The lowest BCUT2D eigenvalue weighted by molar-refractivity contribution is 0.256. The van der Waals surface area contributed by atoms with Crippen molar-refractivity contribution in [2.75, 3.05) is 32.0 Å². The molecule has 0 radical (unpaired) electrons. The summed E-state index contributed by atoms with van der Waals surface area (Å²) in [5, 5.41) is 18.6. The van der Waals surface area contributed by atoms with E-state index < -0.39 is 0 Å². The van der Waals surface area contributed by atoms with Crippen LogP contribution in [0.25, 0.3) is 11.5 Å². The molecule has 34 heavy (non-hydrogen) atoms. The highest BCUT2D eigenvalue weighted by Gasteiger charge is 2.24. The minimum absolute atomic E-state index is 0.204. The zero-order valence-corrected chi connectivity index (χ0v) is 20.8. The quantitative estimate of drug-likeness (QED) is 0.321. The number of phenols is 1. The van der Waals surface area contributed by atoms with Gasteiger partial charge in [0.05, 0.1) is 6.61 Å². The topological polar surface area (TPSA) is 71.6 Å². The fourth-order valence-electron chi connectivity index (χ4n) is 4.31. The predicted molar refractivity (Wildman–Crippen MR) is 137 cm³/mol. The first-order valence-electron chi connectivity index (χ1n) is 12.4. The summed E-state index contributed by atoms with van der Waals surface area (Å²) in [5.41, 5.74) is 1.63. The minimum Gasteiger partial charge on any atom is -0.508 e. The van der Waals surface area contributed by atoms with Crippen LogP contribution in [0.15, 0.2) is 52.9 Å². The van der Waals surface area contributed by atoms with E-state index in [1.54, 1.807) is 17.8 Å². The Morgan fingerprint density at radius 3 is 2.50 bits per heavy atom. The molecule has 1 N–H and O–H groups in total. The molecular weight excluding hydrogens is 446 g/mol. The van der Waals surface area contributed by atoms with Crippen molar-refractivity contribution in [1.82, 2.24) is 15.1 Å². The highest BCUT2D eigenvalue weighted by molar-refractivity contribution is 7.99. The molecule has 1 aliphatic rings. The summed E-state index contributed by atoms with van der Waals surface area (Å²) in [4.78, 5) is 2.60. The zero-order chi connectivity index (χ0) is 23.6. The molecule has 1 atom stereocenters. The molecule has 1 fully saturated rings. The van der Waals surface area contributed by atoms with E-state index in [-0.39, 0.29) is 11.0 Å². The fraction of sp³-hybridized carbons (Fsp3) is 0.481. The number of hydrogen-bond acceptors (Lipinski definition) is 7. The van der Waals surface area contributed by atoms with Gasteiger partial charge in [-0.3, -0.25) is 0 Å². The van der Waals surface area contributed by atoms with E-state index in [2.05, 4.69) is 22.0 Å². The van der Waals surface area contributed by atoms with Gasteiger partial charge in [0.25, 0.3) is 0 Å². The molecule has 1 saturated heterocycles. The summed E-state index contributed by atoms with van der Waals surface area (Å²) in [6, 6.07) is 15.1. The van der Waals surface area contributed by atoms with Gasteiger partial charge in [0.15, 0.2) is 0 Å². The molecule has 0 saturated carbocycles. The molecule has 0 bridgehead atoms. The Bertz CT molecular complexity index is 1000. The molecule has 4 rings (SSSR count). The van der Waals surface area contributed by atoms with Crippen LogP contribution in [0, 0.1) is 0 Å². The molecule has 3 aromatic rings. The van der Waals surface area contributed by atoms with Gasteiger partial charge in [-0.05, 0) is 81.4 Å². The summed E-state index contributed by atoms with van der Waals surface area (Å²) in [7, 11) is 0. The van der Waals surface area contributed by atoms with Crippen molar-refractivity contribution < 1.29 is 14.3 Å². The van der Waals surface area contributed by atoms with Crippen molar-refractivity contribution in [2.24, 2.45) is 0 Å². The van der Waals surface area contributed by atoms with Crippen LogP contribution < -0.4 is 4.74 Å². The summed E-state index contributed by atoms with van der Waals surface area (Å²) < 4.78 is 12.0.